The summed E-state index contributed by atoms with van der Waals surface area (Å²) in [4.78, 5) is 0. The second-order valence-electron chi connectivity index (χ2n) is 4.46. The van der Waals surface area contributed by atoms with E-state index >= 15 is 0 Å². The smallest absolute Gasteiger partial charge is 0.0140 e. The van der Waals surface area contributed by atoms with Crippen molar-refractivity contribution in [3.05, 3.63) is 40.5 Å². The van der Waals surface area contributed by atoms with Gasteiger partial charge < -0.3 is 5.32 Å². The highest BCUT2D eigenvalue weighted by molar-refractivity contribution is 5.85. The first-order valence-electron chi connectivity index (χ1n) is 5.66. The van der Waals surface area contributed by atoms with Crippen molar-refractivity contribution in [3.8, 4) is 0 Å². The van der Waals surface area contributed by atoms with Crippen molar-refractivity contribution >= 4 is 18.0 Å². The second-order valence-corrected chi connectivity index (χ2v) is 4.46. The van der Waals surface area contributed by atoms with Crippen LogP contribution in [0, 0.1) is 20.8 Å². The van der Waals surface area contributed by atoms with Gasteiger partial charge in [0.15, 0.2) is 0 Å². The molecule has 0 bridgehead atoms. The number of hydrogen-bond acceptors (Lipinski definition) is 1. The molecule has 0 saturated heterocycles. The Morgan fingerprint density at radius 3 is 2.19 bits per heavy atom. The summed E-state index contributed by atoms with van der Waals surface area (Å²) in [5.74, 6) is 0. The summed E-state index contributed by atoms with van der Waals surface area (Å²) in [6.45, 7) is 8.73. The molecule has 0 unspecified atom stereocenters. The molecular weight excluding hydrogens is 218 g/mol. The average Bonchev–Trinajstić information content (AvgIpc) is 2.17. The van der Waals surface area contributed by atoms with Gasteiger partial charge in [-0.2, -0.15) is 0 Å². The van der Waals surface area contributed by atoms with Crippen LogP contribution in [0.1, 0.15) is 28.7 Å². The summed E-state index contributed by atoms with van der Waals surface area (Å²) in [7, 11) is 0. The predicted molar refractivity (Wildman–Crippen MR) is 73.4 cm³/mol. The molecule has 1 aromatic carbocycles. The maximum atomic E-state index is 3.36. The number of aryl methyl sites for hydroxylation is 3. The van der Waals surface area contributed by atoms with E-state index in [1.807, 2.05) is 0 Å². The molecule has 0 aromatic heterocycles. The summed E-state index contributed by atoms with van der Waals surface area (Å²) in [5, 5.41) is 3.36. The minimum atomic E-state index is 0. The van der Waals surface area contributed by atoms with Gasteiger partial charge in [-0.1, -0.05) is 23.8 Å². The molecule has 0 spiro atoms. The molecule has 16 heavy (non-hydrogen) atoms. The van der Waals surface area contributed by atoms with Crippen molar-refractivity contribution in [3.63, 3.8) is 0 Å². The molecular formula is C14H20ClN. The van der Waals surface area contributed by atoms with Crippen molar-refractivity contribution in [1.82, 2.24) is 5.32 Å². The molecule has 0 fully saturated rings. The van der Waals surface area contributed by atoms with Crippen LogP contribution in [0.5, 0.6) is 0 Å². The van der Waals surface area contributed by atoms with Gasteiger partial charge in [0.25, 0.3) is 0 Å². The normalized spacial score (nSPS) is 15.3. The lowest BCUT2D eigenvalue weighted by Gasteiger charge is -2.18. The third kappa shape index (κ3) is 2.66. The third-order valence-corrected chi connectivity index (χ3v) is 3.06. The van der Waals surface area contributed by atoms with Gasteiger partial charge in [0.05, 0.1) is 0 Å². The minimum Gasteiger partial charge on any atom is -0.313 e. The Morgan fingerprint density at radius 2 is 1.69 bits per heavy atom. The van der Waals surface area contributed by atoms with E-state index in [-0.39, 0.29) is 12.4 Å². The van der Waals surface area contributed by atoms with Crippen molar-refractivity contribution in [2.75, 3.05) is 13.1 Å². The van der Waals surface area contributed by atoms with Crippen molar-refractivity contribution in [2.45, 2.75) is 27.2 Å². The topological polar surface area (TPSA) is 12.0 Å². The molecule has 0 amide bonds. The highest BCUT2D eigenvalue weighted by Crippen LogP contribution is 2.27. The molecule has 1 heterocycles. The molecule has 2 heteroatoms. The molecule has 88 valence electrons. The van der Waals surface area contributed by atoms with E-state index in [4.69, 9.17) is 0 Å². The summed E-state index contributed by atoms with van der Waals surface area (Å²) < 4.78 is 0. The van der Waals surface area contributed by atoms with Gasteiger partial charge in [-0.3, -0.25) is 0 Å². The van der Waals surface area contributed by atoms with Crippen molar-refractivity contribution in [2.24, 2.45) is 0 Å². The lowest BCUT2D eigenvalue weighted by atomic mass is 9.91. The molecule has 1 nitrogen and oxygen atoms in total. The Hall–Kier alpha value is -0.790. The molecule has 1 aliphatic heterocycles. The lowest BCUT2D eigenvalue weighted by molar-refractivity contribution is 0.738. The van der Waals surface area contributed by atoms with Crippen LogP contribution < -0.4 is 5.32 Å². The first-order chi connectivity index (χ1) is 7.18. The fraction of sp³-hybridized carbons (Fsp3) is 0.429. The first kappa shape index (κ1) is 13.3. The van der Waals surface area contributed by atoms with Crippen LogP contribution in [0.15, 0.2) is 18.2 Å². The Labute approximate surface area is 104 Å². The highest BCUT2D eigenvalue weighted by atomic mass is 35.5. The largest absolute Gasteiger partial charge is 0.313 e. The van der Waals surface area contributed by atoms with Crippen LogP contribution in [0.3, 0.4) is 0 Å². The maximum absolute atomic E-state index is 3.36. The molecule has 0 saturated carbocycles. The fourth-order valence-corrected chi connectivity index (χ4v) is 2.54. The van der Waals surface area contributed by atoms with Crippen molar-refractivity contribution in [1.29, 1.82) is 0 Å². The minimum absolute atomic E-state index is 0. The van der Waals surface area contributed by atoms with Gasteiger partial charge in [-0.05, 0) is 56.0 Å². The van der Waals surface area contributed by atoms with Crippen LogP contribution in [-0.2, 0) is 0 Å². The van der Waals surface area contributed by atoms with E-state index in [0.717, 1.165) is 19.5 Å². The summed E-state index contributed by atoms with van der Waals surface area (Å²) in [5.41, 5.74) is 7.19. The number of benzene rings is 1. The van der Waals surface area contributed by atoms with Gasteiger partial charge in [-0.25, -0.2) is 0 Å². The van der Waals surface area contributed by atoms with Gasteiger partial charge in [0, 0.05) is 6.54 Å². The Balaban J connectivity index is 0.00000128. The Bertz CT molecular complexity index is 384. The maximum Gasteiger partial charge on any atom is 0.0140 e. The zero-order valence-corrected chi connectivity index (χ0v) is 11.1. The van der Waals surface area contributed by atoms with E-state index in [1.54, 1.807) is 0 Å². The number of rotatable bonds is 1. The molecule has 0 aliphatic carbocycles. The molecule has 2 rings (SSSR count). The highest BCUT2D eigenvalue weighted by Gasteiger charge is 2.10. The van der Waals surface area contributed by atoms with Crippen LogP contribution in [0.25, 0.3) is 5.57 Å². The second kappa shape index (κ2) is 5.51. The zero-order chi connectivity index (χ0) is 10.8. The van der Waals surface area contributed by atoms with Gasteiger partial charge in [0.1, 0.15) is 0 Å². The molecule has 0 atom stereocenters. The van der Waals surface area contributed by atoms with Crippen molar-refractivity contribution < 1.29 is 0 Å². The van der Waals surface area contributed by atoms with E-state index in [9.17, 15) is 0 Å². The molecule has 1 aromatic rings. The summed E-state index contributed by atoms with van der Waals surface area (Å²) in [6, 6.07) is 4.57. The average molecular weight is 238 g/mol. The summed E-state index contributed by atoms with van der Waals surface area (Å²) >= 11 is 0. The Morgan fingerprint density at radius 1 is 1.06 bits per heavy atom. The van der Waals surface area contributed by atoms with E-state index in [0.29, 0.717) is 0 Å². The van der Waals surface area contributed by atoms with E-state index in [2.05, 4.69) is 44.3 Å². The zero-order valence-electron chi connectivity index (χ0n) is 10.3. The van der Waals surface area contributed by atoms with E-state index in [1.165, 1.54) is 27.8 Å². The number of nitrogens with one attached hydrogen (secondary N) is 1. The van der Waals surface area contributed by atoms with Crippen LogP contribution >= 0.6 is 12.4 Å². The van der Waals surface area contributed by atoms with Gasteiger partial charge in [-0.15, -0.1) is 12.4 Å². The Kier molecular flexibility index (Phi) is 4.57. The van der Waals surface area contributed by atoms with Gasteiger partial charge >= 0.3 is 0 Å². The number of hydrogen-bond donors (Lipinski definition) is 1. The van der Waals surface area contributed by atoms with Crippen LogP contribution in [0.2, 0.25) is 0 Å². The first-order valence-corrected chi connectivity index (χ1v) is 5.66. The third-order valence-electron chi connectivity index (χ3n) is 3.06. The monoisotopic (exact) mass is 237 g/mol. The fourth-order valence-electron chi connectivity index (χ4n) is 2.54. The lowest BCUT2D eigenvalue weighted by Crippen LogP contribution is -2.20. The standard InChI is InChI=1S/C14H19N.ClH/c1-10-8-11(2)14(12(3)9-10)13-4-6-15-7-5-13;/h4,8-9,15H,5-7H2,1-3H3;1H. The predicted octanol–water partition coefficient (Wildman–Crippen LogP) is 3.41. The molecule has 1 aliphatic rings. The quantitative estimate of drug-likeness (QED) is 0.790. The molecule has 1 N–H and O–H groups in total. The number of halogens is 1. The van der Waals surface area contributed by atoms with Crippen LogP contribution in [0.4, 0.5) is 0 Å². The SMILES string of the molecule is Cc1cc(C)c(C2=CCNCC2)c(C)c1.Cl. The van der Waals surface area contributed by atoms with Gasteiger partial charge in [0.2, 0.25) is 0 Å². The van der Waals surface area contributed by atoms with Crippen LogP contribution in [-0.4, -0.2) is 13.1 Å². The van der Waals surface area contributed by atoms with E-state index < -0.39 is 0 Å². The summed E-state index contributed by atoms with van der Waals surface area (Å²) in [6.07, 6.45) is 3.49. The molecule has 0 radical (unpaired) electrons.